The third-order valence-corrected chi connectivity index (χ3v) is 5.50. The Labute approximate surface area is 148 Å². The maximum absolute atomic E-state index is 13.7. The van der Waals surface area contributed by atoms with Crippen LogP contribution in [0.4, 0.5) is 4.39 Å². The van der Waals surface area contributed by atoms with Crippen LogP contribution in [0.15, 0.2) is 42.0 Å². The van der Waals surface area contributed by atoms with Gasteiger partial charge in [-0.3, -0.25) is 9.20 Å². The van der Waals surface area contributed by atoms with Crippen LogP contribution in [0, 0.1) is 5.82 Å². The van der Waals surface area contributed by atoms with Crippen LogP contribution in [-0.2, 0) is 21.5 Å². The van der Waals surface area contributed by atoms with Gasteiger partial charge in [-0.15, -0.1) is 11.3 Å². The Morgan fingerprint density at radius 1 is 1.40 bits per heavy atom. The van der Waals surface area contributed by atoms with E-state index in [-0.39, 0.29) is 11.7 Å². The minimum absolute atomic E-state index is 0.0993. The number of carbonyl (C=O) groups is 1. The molecule has 0 radical (unpaired) electrons. The summed E-state index contributed by atoms with van der Waals surface area (Å²) in [6, 6.07) is 6.32. The largest absolute Gasteiger partial charge is 0.381 e. The fourth-order valence-corrected chi connectivity index (χ4v) is 4.07. The molecule has 0 saturated carbocycles. The van der Waals surface area contributed by atoms with Crippen molar-refractivity contribution in [2.45, 2.75) is 24.8 Å². The van der Waals surface area contributed by atoms with E-state index in [4.69, 9.17) is 4.74 Å². The third-order valence-electron chi connectivity index (χ3n) is 4.73. The van der Waals surface area contributed by atoms with Crippen LogP contribution in [0.25, 0.3) is 4.96 Å². The number of rotatable bonds is 4. The van der Waals surface area contributed by atoms with Crippen molar-refractivity contribution in [3.8, 4) is 0 Å². The van der Waals surface area contributed by atoms with Gasteiger partial charge in [0.15, 0.2) is 4.96 Å². The minimum Gasteiger partial charge on any atom is -0.381 e. The van der Waals surface area contributed by atoms with Crippen LogP contribution in [-0.4, -0.2) is 28.5 Å². The number of fused-ring (bicyclic) bond motifs is 1. The van der Waals surface area contributed by atoms with E-state index in [9.17, 15) is 9.18 Å². The zero-order valence-corrected chi connectivity index (χ0v) is 14.4. The number of benzene rings is 1. The Kier molecular flexibility index (Phi) is 4.27. The van der Waals surface area contributed by atoms with Crippen LogP contribution in [0.2, 0.25) is 0 Å². The van der Waals surface area contributed by atoms with Crippen molar-refractivity contribution in [2.24, 2.45) is 0 Å². The van der Waals surface area contributed by atoms with Gasteiger partial charge in [0.05, 0.1) is 17.7 Å². The molecule has 130 valence electrons. The van der Waals surface area contributed by atoms with Crippen LogP contribution >= 0.6 is 11.3 Å². The summed E-state index contributed by atoms with van der Waals surface area (Å²) in [6.45, 7) is 1.33. The molecular formula is C18H18FN3O2S. The number of nitrogens with zero attached hydrogens (tertiary/aromatic N) is 2. The number of hydrogen-bond acceptors (Lipinski definition) is 4. The quantitative estimate of drug-likeness (QED) is 0.779. The minimum atomic E-state index is -0.753. The molecule has 1 N–H and O–H groups in total. The summed E-state index contributed by atoms with van der Waals surface area (Å²) >= 11 is 1.55. The monoisotopic (exact) mass is 359 g/mol. The van der Waals surface area contributed by atoms with Gasteiger partial charge < -0.3 is 10.1 Å². The average Bonchev–Trinajstić information content (AvgIpc) is 3.22. The lowest BCUT2D eigenvalue weighted by Gasteiger charge is -2.36. The molecule has 5 nitrogen and oxygen atoms in total. The van der Waals surface area contributed by atoms with E-state index in [0.29, 0.717) is 38.2 Å². The molecule has 1 aliphatic heterocycles. The van der Waals surface area contributed by atoms with Crippen LogP contribution < -0.4 is 5.32 Å². The summed E-state index contributed by atoms with van der Waals surface area (Å²) < 4.78 is 21.1. The van der Waals surface area contributed by atoms with E-state index in [1.165, 1.54) is 12.1 Å². The normalized spacial score (nSPS) is 16.8. The highest BCUT2D eigenvalue weighted by atomic mass is 32.1. The van der Waals surface area contributed by atoms with Gasteiger partial charge in [-0.25, -0.2) is 9.37 Å². The summed E-state index contributed by atoms with van der Waals surface area (Å²) in [6.07, 6.45) is 4.93. The summed E-state index contributed by atoms with van der Waals surface area (Å²) in [5.74, 6) is -0.428. The molecule has 0 unspecified atom stereocenters. The highest BCUT2D eigenvalue weighted by Crippen LogP contribution is 2.35. The Bertz CT molecular complexity index is 870. The molecule has 7 heteroatoms. The Morgan fingerprint density at radius 3 is 3.00 bits per heavy atom. The lowest BCUT2D eigenvalue weighted by atomic mass is 9.73. The van der Waals surface area contributed by atoms with Gasteiger partial charge in [0.25, 0.3) is 0 Å². The van der Waals surface area contributed by atoms with Crippen molar-refractivity contribution < 1.29 is 13.9 Å². The van der Waals surface area contributed by atoms with E-state index in [1.807, 2.05) is 28.2 Å². The number of aromatic nitrogens is 2. The SMILES string of the molecule is O=C(NCc1cn2ccsc2n1)C1(c2cccc(F)c2)CCOCC1. The van der Waals surface area contributed by atoms with Gasteiger partial charge >= 0.3 is 0 Å². The summed E-state index contributed by atoms with van der Waals surface area (Å²) in [5.41, 5.74) is 0.762. The van der Waals surface area contributed by atoms with Crippen molar-refractivity contribution in [1.82, 2.24) is 14.7 Å². The van der Waals surface area contributed by atoms with Crippen LogP contribution in [0.3, 0.4) is 0 Å². The number of ether oxygens (including phenoxy) is 1. The lowest BCUT2D eigenvalue weighted by Crippen LogP contribution is -2.47. The zero-order chi connectivity index (χ0) is 17.3. The van der Waals surface area contributed by atoms with E-state index < -0.39 is 5.41 Å². The van der Waals surface area contributed by atoms with Crippen molar-refractivity contribution in [1.29, 1.82) is 0 Å². The first-order valence-corrected chi connectivity index (χ1v) is 9.08. The molecule has 3 heterocycles. The maximum Gasteiger partial charge on any atom is 0.231 e. The predicted octanol–water partition coefficient (Wildman–Crippen LogP) is 2.90. The molecule has 4 rings (SSSR count). The Morgan fingerprint density at radius 2 is 2.24 bits per heavy atom. The topological polar surface area (TPSA) is 55.6 Å². The second kappa shape index (κ2) is 6.57. The Hall–Kier alpha value is -2.25. The van der Waals surface area contributed by atoms with E-state index in [2.05, 4.69) is 10.3 Å². The predicted molar refractivity (Wildman–Crippen MR) is 93.0 cm³/mol. The fourth-order valence-electron chi connectivity index (χ4n) is 3.35. The van der Waals surface area contributed by atoms with Crippen molar-refractivity contribution >= 4 is 22.2 Å². The van der Waals surface area contributed by atoms with E-state index >= 15 is 0 Å². The number of hydrogen-bond donors (Lipinski definition) is 1. The van der Waals surface area contributed by atoms with Crippen molar-refractivity contribution in [3.05, 3.63) is 59.1 Å². The van der Waals surface area contributed by atoms with Crippen LogP contribution in [0.5, 0.6) is 0 Å². The van der Waals surface area contributed by atoms with Crippen molar-refractivity contribution in [3.63, 3.8) is 0 Å². The molecule has 1 fully saturated rings. The first-order valence-electron chi connectivity index (χ1n) is 8.21. The van der Waals surface area contributed by atoms with Gasteiger partial charge in [-0.05, 0) is 30.5 Å². The molecule has 0 aliphatic carbocycles. The summed E-state index contributed by atoms with van der Waals surface area (Å²) in [5, 5.41) is 4.95. The Balaban J connectivity index is 1.56. The van der Waals surface area contributed by atoms with Gasteiger partial charge in [0.2, 0.25) is 5.91 Å². The summed E-state index contributed by atoms with van der Waals surface area (Å²) in [7, 11) is 0. The number of nitrogens with one attached hydrogen (secondary N) is 1. The smallest absolute Gasteiger partial charge is 0.231 e. The molecule has 3 aromatic rings. The maximum atomic E-state index is 13.7. The molecule has 1 saturated heterocycles. The highest BCUT2D eigenvalue weighted by Gasteiger charge is 2.41. The van der Waals surface area contributed by atoms with Crippen LogP contribution in [0.1, 0.15) is 24.1 Å². The highest BCUT2D eigenvalue weighted by molar-refractivity contribution is 7.15. The van der Waals surface area contributed by atoms with E-state index in [1.54, 1.807) is 17.4 Å². The number of halogens is 1. The number of thiazole rings is 1. The number of carbonyl (C=O) groups excluding carboxylic acids is 1. The molecular weight excluding hydrogens is 341 g/mol. The average molecular weight is 359 g/mol. The molecule has 0 spiro atoms. The van der Waals surface area contributed by atoms with Crippen molar-refractivity contribution in [2.75, 3.05) is 13.2 Å². The van der Waals surface area contributed by atoms with Gasteiger partial charge in [0, 0.05) is 31.0 Å². The van der Waals surface area contributed by atoms with Gasteiger partial charge in [-0.2, -0.15) is 0 Å². The fraction of sp³-hybridized carbons (Fsp3) is 0.333. The van der Waals surface area contributed by atoms with Gasteiger partial charge in [0.1, 0.15) is 5.82 Å². The molecule has 1 amide bonds. The first kappa shape index (κ1) is 16.2. The second-order valence-electron chi connectivity index (χ2n) is 6.21. The molecule has 1 aromatic carbocycles. The summed E-state index contributed by atoms with van der Waals surface area (Å²) in [4.78, 5) is 18.4. The van der Waals surface area contributed by atoms with E-state index in [0.717, 1.165) is 10.7 Å². The molecule has 2 aromatic heterocycles. The van der Waals surface area contributed by atoms with Gasteiger partial charge in [-0.1, -0.05) is 12.1 Å². The molecule has 1 aliphatic rings. The second-order valence-corrected chi connectivity index (χ2v) is 7.09. The number of imidazole rings is 1. The molecule has 25 heavy (non-hydrogen) atoms. The number of amides is 1. The lowest BCUT2D eigenvalue weighted by molar-refractivity contribution is -0.130. The molecule has 0 atom stereocenters. The standard InChI is InChI=1S/C18H18FN3O2S/c19-14-3-1-2-13(10-14)18(4-7-24-8-5-18)16(23)20-11-15-12-22-6-9-25-17(22)21-15/h1-3,6,9-10,12H,4-5,7-8,11H2,(H,20,23). The molecule has 0 bridgehead atoms. The zero-order valence-electron chi connectivity index (χ0n) is 13.6. The third kappa shape index (κ3) is 3.05. The first-order chi connectivity index (χ1) is 12.2.